The van der Waals surface area contributed by atoms with Crippen LogP contribution in [-0.2, 0) is 0 Å². The quantitative estimate of drug-likeness (QED) is 0.486. The van der Waals surface area contributed by atoms with Gasteiger partial charge in [0.25, 0.3) is 0 Å². The maximum Gasteiger partial charge on any atom is 0.190 e. The molecule has 4 heteroatoms. The van der Waals surface area contributed by atoms with Gasteiger partial charge in [-0.2, -0.15) is 4.57 Å². The summed E-state index contributed by atoms with van der Waals surface area (Å²) in [6, 6.07) is 14.4. The molecule has 4 aromatic rings. The number of aromatic nitrogens is 1. The number of nitrogens with zero attached hydrogens (tertiary/aromatic N) is 1. The van der Waals surface area contributed by atoms with Crippen LogP contribution in [0.2, 0.25) is 5.02 Å². The zero-order valence-corrected chi connectivity index (χ0v) is 10.5. The SMILES string of the molecule is O=c1cc2c3ccc(Cl)cc3on2c2ccccc12. The molecule has 0 aliphatic carbocycles. The van der Waals surface area contributed by atoms with Gasteiger partial charge in [0, 0.05) is 27.9 Å². The standard InChI is InChI=1S/C15H8ClNO2/c16-9-5-6-11-13-8-14(18)10-3-1-2-4-12(10)17(13)19-15(11)7-9/h1-8H. The van der Waals surface area contributed by atoms with Crippen LogP contribution in [-0.4, -0.2) is 4.57 Å². The Hall–Kier alpha value is -2.26. The maximum absolute atomic E-state index is 12.1. The first kappa shape index (κ1) is 10.6. The summed E-state index contributed by atoms with van der Waals surface area (Å²) >= 11 is 5.96. The molecule has 0 fully saturated rings. The molecule has 0 radical (unpaired) electrons. The monoisotopic (exact) mass is 269 g/mol. The molecule has 0 atom stereocenters. The van der Waals surface area contributed by atoms with Gasteiger partial charge in [0.05, 0.1) is 11.0 Å². The average Bonchev–Trinajstić information content (AvgIpc) is 2.77. The highest BCUT2D eigenvalue weighted by atomic mass is 35.5. The van der Waals surface area contributed by atoms with Crippen molar-refractivity contribution < 1.29 is 4.52 Å². The van der Waals surface area contributed by atoms with E-state index >= 15 is 0 Å². The van der Waals surface area contributed by atoms with E-state index in [-0.39, 0.29) is 5.43 Å². The molecule has 3 nitrogen and oxygen atoms in total. The molecule has 2 heterocycles. The zero-order chi connectivity index (χ0) is 13.0. The van der Waals surface area contributed by atoms with Gasteiger partial charge in [-0.1, -0.05) is 23.7 Å². The Morgan fingerprint density at radius 1 is 0.947 bits per heavy atom. The van der Waals surface area contributed by atoms with E-state index in [1.165, 1.54) is 0 Å². The Balaban J connectivity index is 2.35. The van der Waals surface area contributed by atoms with Crippen molar-refractivity contribution in [1.29, 1.82) is 0 Å². The molecular weight excluding hydrogens is 262 g/mol. The lowest BCUT2D eigenvalue weighted by atomic mass is 10.1. The molecule has 0 saturated heterocycles. The second kappa shape index (κ2) is 3.62. The molecule has 0 N–H and O–H groups in total. The molecule has 0 aliphatic rings. The molecule has 0 bridgehead atoms. The molecular formula is C15H8ClNO2. The predicted molar refractivity (Wildman–Crippen MR) is 76.0 cm³/mol. The normalized spacial score (nSPS) is 11.6. The number of fused-ring (bicyclic) bond motifs is 5. The first-order valence-electron chi connectivity index (χ1n) is 5.87. The van der Waals surface area contributed by atoms with Crippen LogP contribution in [0.3, 0.4) is 0 Å². The number of pyridine rings is 1. The van der Waals surface area contributed by atoms with Crippen LogP contribution in [0.5, 0.6) is 0 Å². The van der Waals surface area contributed by atoms with Crippen molar-refractivity contribution in [3.05, 3.63) is 63.8 Å². The van der Waals surface area contributed by atoms with Gasteiger partial charge in [0.1, 0.15) is 0 Å². The zero-order valence-electron chi connectivity index (χ0n) is 9.76. The predicted octanol–water partition coefficient (Wildman–Crippen LogP) is 3.85. The number of hydrogen-bond donors (Lipinski definition) is 0. The van der Waals surface area contributed by atoms with Crippen molar-refractivity contribution >= 4 is 39.0 Å². The third kappa shape index (κ3) is 1.42. The lowest BCUT2D eigenvalue weighted by Gasteiger charge is -1.98. The summed E-state index contributed by atoms with van der Waals surface area (Å²) in [5.41, 5.74) is 2.18. The fourth-order valence-corrected chi connectivity index (χ4v) is 2.58. The van der Waals surface area contributed by atoms with Gasteiger partial charge in [-0.05, 0) is 24.3 Å². The van der Waals surface area contributed by atoms with Crippen molar-refractivity contribution in [2.75, 3.05) is 0 Å². The summed E-state index contributed by atoms with van der Waals surface area (Å²) in [5, 5.41) is 2.14. The van der Waals surface area contributed by atoms with Crippen molar-refractivity contribution in [2.45, 2.75) is 0 Å². The summed E-state index contributed by atoms with van der Waals surface area (Å²) in [6.45, 7) is 0. The van der Waals surface area contributed by atoms with E-state index < -0.39 is 0 Å². The Morgan fingerprint density at radius 2 is 1.79 bits per heavy atom. The molecule has 2 aromatic carbocycles. The third-order valence-electron chi connectivity index (χ3n) is 3.28. The van der Waals surface area contributed by atoms with E-state index in [4.69, 9.17) is 16.1 Å². The minimum Gasteiger partial charge on any atom is -0.374 e. The van der Waals surface area contributed by atoms with Crippen LogP contribution >= 0.6 is 11.6 Å². The van der Waals surface area contributed by atoms with Gasteiger partial charge in [0.15, 0.2) is 11.0 Å². The largest absolute Gasteiger partial charge is 0.374 e. The average molecular weight is 270 g/mol. The van der Waals surface area contributed by atoms with E-state index in [9.17, 15) is 4.79 Å². The van der Waals surface area contributed by atoms with Crippen molar-refractivity contribution in [3.63, 3.8) is 0 Å². The van der Waals surface area contributed by atoms with Gasteiger partial charge < -0.3 is 4.52 Å². The molecule has 0 amide bonds. The van der Waals surface area contributed by atoms with Crippen LogP contribution < -0.4 is 5.43 Å². The van der Waals surface area contributed by atoms with Crippen molar-refractivity contribution in [1.82, 2.24) is 4.57 Å². The Kier molecular flexibility index (Phi) is 2.03. The van der Waals surface area contributed by atoms with Crippen LogP contribution in [0.1, 0.15) is 0 Å². The first-order valence-corrected chi connectivity index (χ1v) is 6.25. The van der Waals surface area contributed by atoms with E-state index in [1.54, 1.807) is 28.8 Å². The second-order valence-electron chi connectivity index (χ2n) is 4.44. The Bertz CT molecular complexity index is 997. The lowest BCUT2D eigenvalue weighted by Crippen LogP contribution is -2.02. The molecule has 0 spiro atoms. The molecule has 0 unspecified atom stereocenters. The second-order valence-corrected chi connectivity index (χ2v) is 4.87. The van der Waals surface area contributed by atoms with Gasteiger partial charge in [-0.15, -0.1) is 0 Å². The number of hydrogen-bond acceptors (Lipinski definition) is 2. The smallest absolute Gasteiger partial charge is 0.190 e. The molecule has 2 aromatic heterocycles. The first-order chi connectivity index (χ1) is 9.24. The molecule has 19 heavy (non-hydrogen) atoms. The summed E-state index contributed by atoms with van der Waals surface area (Å²) in [5.74, 6) is 0. The maximum atomic E-state index is 12.1. The highest BCUT2D eigenvalue weighted by Crippen LogP contribution is 2.26. The summed E-state index contributed by atoms with van der Waals surface area (Å²) in [4.78, 5) is 12.1. The van der Waals surface area contributed by atoms with Crippen LogP contribution in [0.15, 0.2) is 57.8 Å². The fraction of sp³-hybridized carbons (Fsp3) is 0. The van der Waals surface area contributed by atoms with Crippen LogP contribution in [0.25, 0.3) is 27.4 Å². The number of halogens is 1. The number of para-hydroxylation sites is 1. The molecule has 4 rings (SSSR count). The third-order valence-corrected chi connectivity index (χ3v) is 3.52. The summed E-state index contributed by atoms with van der Waals surface area (Å²) < 4.78 is 7.47. The highest BCUT2D eigenvalue weighted by Gasteiger charge is 2.11. The number of rotatable bonds is 0. The topological polar surface area (TPSA) is 34.6 Å². The van der Waals surface area contributed by atoms with Gasteiger partial charge >= 0.3 is 0 Å². The van der Waals surface area contributed by atoms with E-state index in [0.717, 1.165) is 16.4 Å². The fourth-order valence-electron chi connectivity index (χ4n) is 2.42. The molecule has 0 saturated carbocycles. The number of benzene rings is 2. The van der Waals surface area contributed by atoms with Gasteiger partial charge in [-0.25, -0.2) is 0 Å². The Labute approximate surface area is 112 Å². The van der Waals surface area contributed by atoms with Crippen LogP contribution in [0.4, 0.5) is 0 Å². The van der Waals surface area contributed by atoms with Crippen molar-refractivity contribution in [3.8, 4) is 0 Å². The van der Waals surface area contributed by atoms with E-state index in [1.807, 2.05) is 24.3 Å². The minimum atomic E-state index is -0.00625. The van der Waals surface area contributed by atoms with Crippen LogP contribution in [0, 0.1) is 0 Å². The lowest BCUT2D eigenvalue weighted by molar-refractivity contribution is 0.423. The summed E-state index contributed by atoms with van der Waals surface area (Å²) in [7, 11) is 0. The highest BCUT2D eigenvalue weighted by molar-refractivity contribution is 6.31. The van der Waals surface area contributed by atoms with Gasteiger partial charge in [0.2, 0.25) is 0 Å². The van der Waals surface area contributed by atoms with Gasteiger partial charge in [-0.3, -0.25) is 4.79 Å². The van der Waals surface area contributed by atoms with Crippen molar-refractivity contribution in [2.24, 2.45) is 0 Å². The Morgan fingerprint density at radius 3 is 2.68 bits per heavy atom. The molecule has 92 valence electrons. The van der Waals surface area contributed by atoms with E-state index in [0.29, 0.717) is 16.0 Å². The molecule has 0 aliphatic heterocycles. The summed E-state index contributed by atoms with van der Waals surface area (Å²) in [6.07, 6.45) is 0. The minimum absolute atomic E-state index is 0.00625. The van der Waals surface area contributed by atoms with E-state index in [2.05, 4.69) is 0 Å².